The highest BCUT2D eigenvalue weighted by atomic mass is 19.2. The van der Waals surface area contributed by atoms with Crippen LogP contribution >= 0.6 is 0 Å². The molecule has 1 aliphatic heterocycles. The fourth-order valence-corrected chi connectivity index (χ4v) is 4.93. The van der Waals surface area contributed by atoms with Crippen LogP contribution in [0.5, 0.6) is 0 Å². The van der Waals surface area contributed by atoms with Crippen LogP contribution in [0.15, 0.2) is 48.5 Å². The Bertz CT molecular complexity index is 1090. The zero-order valence-corrected chi connectivity index (χ0v) is 21.2. The number of aryl methyl sites for hydroxylation is 1. The van der Waals surface area contributed by atoms with Gasteiger partial charge in [0.2, 0.25) is 0 Å². The summed E-state index contributed by atoms with van der Waals surface area (Å²) < 4.78 is 29.5. The molecule has 0 amide bonds. The first-order valence-corrected chi connectivity index (χ1v) is 12.8. The van der Waals surface area contributed by atoms with Crippen LogP contribution in [0.2, 0.25) is 0 Å². The van der Waals surface area contributed by atoms with Crippen LogP contribution in [0, 0.1) is 11.6 Å². The van der Waals surface area contributed by atoms with E-state index in [1.807, 2.05) is 18.2 Å². The lowest BCUT2D eigenvalue weighted by atomic mass is 10.1. The molecule has 0 bridgehead atoms. The van der Waals surface area contributed by atoms with Crippen molar-refractivity contribution in [3.63, 3.8) is 0 Å². The van der Waals surface area contributed by atoms with Gasteiger partial charge in [-0.1, -0.05) is 45.0 Å². The number of likely N-dealkylation sites (N-methyl/N-ethyl adjacent to an activating group) is 1. The predicted octanol–water partition coefficient (Wildman–Crippen LogP) is 5.27. The Morgan fingerprint density at radius 3 is 2.26 bits per heavy atom. The smallest absolute Gasteiger partial charge is 0.159 e. The second-order valence-electron chi connectivity index (χ2n) is 9.23. The molecular formula is C28H37F2N5. The van der Waals surface area contributed by atoms with Crippen LogP contribution in [0.25, 0.3) is 5.69 Å². The third kappa shape index (κ3) is 5.90. The molecular weight excluding hydrogens is 444 g/mol. The van der Waals surface area contributed by atoms with Crippen LogP contribution in [0.1, 0.15) is 44.0 Å². The van der Waals surface area contributed by atoms with Gasteiger partial charge in [-0.3, -0.25) is 4.90 Å². The molecule has 5 nitrogen and oxygen atoms in total. The van der Waals surface area contributed by atoms with Gasteiger partial charge in [0.25, 0.3) is 0 Å². The quantitative estimate of drug-likeness (QED) is 0.394. The van der Waals surface area contributed by atoms with E-state index < -0.39 is 11.6 Å². The summed E-state index contributed by atoms with van der Waals surface area (Å²) in [7, 11) is 0. The Labute approximate surface area is 208 Å². The molecule has 4 rings (SSSR count). The Hall–Kier alpha value is -2.77. The van der Waals surface area contributed by atoms with Gasteiger partial charge < -0.3 is 9.80 Å². The maximum atomic E-state index is 13.9. The zero-order chi connectivity index (χ0) is 24.8. The lowest BCUT2D eigenvalue weighted by Gasteiger charge is -2.36. The third-order valence-electron chi connectivity index (χ3n) is 6.81. The average molecular weight is 482 g/mol. The second-order valence-corrected chi connectivity index (χ2v) is 9.23. The Morgan fingerprint density at radius 2 is 1.63 bits per heavy atom. The molecule has 2 heterocycles. The van der Waals surface area contributed by atoms with Crippen molar-refractivity contribution in [2.24, 2.45) is 0 Å². The Kier molecular flexibility index (Phi) is 8.52. The van der Waals surface area contributed by atoms with Gasteiger partial charge in [0, 0.05) is 44.8 Å². The van der Waals surface area contributed by atoms with Crippen molar-refractivity contribution in [2.75, 3.05) is 44.2 Å². The number of benzene rings is 2. The van der Waals surface area contributed by atoms with Crippen molar-refractivity contribution in [1.29, 1.82) is 0 Å². The fourth-order valence-electron chi connectivity index (χ4n) is 4.93. The molecule has 35 heavy (non-hydrogen) atoms. The standard InChI is InChI=1S/C28H37F2N5/c1-4-14-33(20-22-12-13-25(29)26(30)19-22)21-24-27(5-2)31-35(23-10-8-7-9-11-23)28(24)34-17-15-32(6-3)16-18-34/h7-13,19H,4-6,14-18,20-21H2,1-3H3. The molecule has 0 saturated carbocycles. The first-order chi connectivity index (χ1) is 17.0. The largest absolute Gasteiger partial charge is 0.354 e. The molecule has 0 spiro atoms. The summed E-state index contributed by atoms with van der Waals surface area (Å²) >= 11 is 0. The molecule has 0 atom stereocenters. The van der Waals surface area contributed by atoms with Crippen molar-refractivity contribution in [2.45, 2.75) is 46.7 Å². The van der Waals surface area contributed by atoms with E-state index >= 15 is 0 Å². The van der Waals surface area contributed by atoms with E-state index in [2.05, 4.69) is 52.3 Å². The highest BCUT2D eigenvalue weighted by Gasteiger charge is 2.27. The topological polar surface area (TPSA) is 27.5 Å². The normalized spacial score (nSPS) is 14.7. The summed E-state index contributed by atoms with van der Waals surface area (Å²) in [6, 6.07) is 14.6. The highest BCUT2D eigenvalue weighted by molar-refractivity contribution is 5.56. The summed E-state index contributed by atoms with van der Waals surface area (Å²) in [5.41, 5.74) is 4.17. The summed E-state index contributed by atoms with van der Waals surface area (Å²) in [6.45, 7) is 13.7. The van der Waals surface area contributed by atoms with Crippen molar-refractivity contribution in [1.82, 2.24) is 19.6 Å². The number of halogens is 2. The minimum Gasteiger partial charge on any atom is -0.354 e. The molecule has 188 valence electrons. The number of nitrogens with zero attached hydrogens (tertiary/aromatic N) is 5. The number of aromatic nitrogens is 2. The van der Waals surface area contributed by atoms with E-state index in [1.54, 1.807) is 6.07 Å². The number of anilines is 1. The van der Waals surface area contributed by atoms with Crippen molar-refractivity contribution >= 4 is 5.82 Å². The first-order valence-electron chi connectivity index (χ1n) is 12.8. The lowest BCUT2D eigenvalue weighted by molar-refractivity contribution is 0.254. The molecule has 0 unspecified atom stereocenters. The number of rotatable bonds is 10. The maximum absolute atomic E-state index is 13.9. The maximum Gasteiger partial charge on any atom is 0.159 e. The van der Waals surface area contributed by atoms with Gasteiger partial charge in [-0.2, -0.15) is 5.10 Å². The molecule has 1 fully saturated rings. The second kappa shape index (κ2) is 11.8. The summed E-state index contributed by atoms with van der Waals surface area (Å²) in [4.78, 5) is 7.28. The van der Waals surface area contributed by atoms with Crippen LogP contribution < -0.4 is 4.90 Å². The Balaban J connectivity index is 1.71. The molecule has 0 aliphatic carbocycles. The average Bonchev–Trinajstić information content (AvgIpc) is 3.25. The van der Waals surface area contributed by atoms with Crippen LogP contribution in [-0.2, 0) is 19.5 Å². The van der Waals surface area contributed by atoms with Crippen molar-refractivity contribution in [3.05, 3.63) is 77.0 Å². The van der Waals surface area contributed by atoms with Gasteiger partial charge in [0.1, 0.15) is 5.82 Å². The zero-order valence-electron chi connectivity index (χ0n) is 21.2. The molecule has 0 radical (unpaired) electrons. The van der Waals surface area contributed by atoms with Gasteiger partial charge in [-0.15, -0.1) is 0 Å². The van der Waals surface area contributed by atoms with Crippen molar-refractivity contribution < 1.29 is 8.78 Å². The first kappa shape index (κ1) is 25.3. The van der Waals surface area contributed by atoms with E-state index in [1.165, 1.54) is 17.7 Å². The van der Waals surface area contributed by atoms with E-state index in [0.29, 0.717) is 13.1 Å². The fraction of sp³-hybridized carbons (Fsp3) is 0.464. The van der Waals surface area contributed by atoms with Gasteiger partial charge >= 0.3 is 0 Å². The third-order valence-corrected chi connectivity index (χ3v) is 6.81. The number of hydrogen-bond acceptors (Lipinski definition) is 4. The lowest BCUT2D eigenvalue weighted by Crippen LogP contribution is -2.47. The van der Waals surface area contributed by atoms with Crippen LogP contribution in [0.4, 0.5) is 14.6 Å². The van der Waals surface area contributed by atoms with Crippen molar-refractivity contribution in [3.8, 4) is 5.69 Å². The summed E-state index contributed by atoms with van der Waals surface area (Å²) in [5, 5.41) is 5.08. The van der Waals surface area contributed by atoms with Gasteiger partial charge in [-0.05, 0) is 55.8 Å². The Morgan fingerprint density at radius 1 is 0.886 bits per heavy atom. The van der Waals surface area contributed by atoms with E-state index in [0.717, 1.165) is 74.9 Å². The number of piperazine rings is 1. The minimum atomic E-state index is -0.804. The molecule has 3 aromatic rings. The molecule has 1 aromatic heterocycles. The van der Waals surface area contributed by atoms with Gasteiger partial charge in [-0.25, -0.2) is 13.5 Å². The van der Waals surface area contributed by atoms with Gasteiger partial charge in [0.05, 0.1) is 11.4 Å². The number of para-hydroxylation sites is 1. The molecule has 0 N–H and O–H groups in total. The SMILES string of the molecule is CCCN(Cc1ccc(F)c(F)c1)Cc1c(CC)nn(-c2ccccc2)c1N1CCN(CC)CC1. The monoisotopic (exact) mass is 481 g/mol. The summed E-state index contributed by atoms with van der Waals surface area (Å²) in [6.07, 6.45) is 1.81. The van der Waals surface area contributed by atoms with E-state index in [-0.39, 0.29) is 0 Å². The molecule has 1 saturated heterocycles. The van der Waals surface area contributed by atoms with Gasteiger partial charge in [0.15, 0.2) is 11.6 Å². The predicted molar refractivity (Wildman–Crippen MR) is 138 cm³/mol. The van der Waals surface area contributed by atoms with Crippen LogP contribution in [-0.4, -0.2) is 58.8 Å². The highest BCUT2D eigenvalue weighted by Crippen LogP contribution is 2.31. The molecule has 7 heteroatoms. The van der Waals surface area contributed by atoms with E-state index in [9.17, 15) is 8.78 Å². The molecule has 1 aliphatic rings. The van der Waals surface area contributed by atoms with E-state index in [4.69, 9.17) is 5.10 Å². The minimum absolute atomic E-state index is 0.563. The summed E-state index contributed by atoms with van der Waals surface area (Å²) in [5.74, 6) is -0.434. The molecule has 2 aromatic carbocycles. The number of hydrogen-bond donors (Lipinski definition) is 0. The van der Waals surface area contributed by atoms with Crippen LogP contribution in [0.3, 0.4) is 0 Å².